The number of aromatic amines is 1. The van der Waals surface area contributed by atoms with Crippen LogP contribution in [-0.2, 0) is 0 Å². The number of nitrogens with one attached hydrogen (secondary N) is 2. The number of fused-ring (bicyclic) bond motifs is 1. The van der Waals surface area contributed by atoms with Crippen molar-refractivity contribution in [1.29, 1.82) is 0 Å². The van der Waals surface area contributed by atoms with Gasteiger partial charge in [-0.15, -0.1) is 0 Å². The van der Waals surface area contributed by atoms with Crippen LogP contribution in [0.3, 0.4) is 0 Å². The number of pyridine rings is 1. The van der Waals surface area contributed by atoms with E-state index in [-0.39, 0.29) is 11.3 Å². The normalized spacial score (nSPS) is 10.6. The molecule has 0 aliphatic rings. The van der Waals surface area contributed by atoms with Crippen LogP contribution < -0.4 is 10.7 Å². The Bertz CT molecular complexity index is 1010. The number of hydrogen-bond donors (Lipinski definition) is 2. The number of halogens is 1. The molecule has 0 aliphatic carbocycles. The average Bonchev–Trinajstić information content (AvgIpc) is 2.56. The molecule has 0 bridgehead atoms. The number of ketones is 1. The van der Waals surface area contributed by atoms with Gasteiger partial charge in [-0.2, -0.15) is 0 Å². The topological polar surface area (TPSA) is 79.0 Å². The zero-order valence-corrected chi connectivity index (χ0v) is 13.5. The standard InChI is InChI=1S/C18H13ClN2O3/c1-10(22)11-2-5-13(6-3-11)21-18(24)15-9-20-16-7-4-12(19)8-14(16)17(15)23/h2-9H,1H3,(H,20,23)(H,21,24). The first-order valence-electron chi connectivity index (χ1n) is 7.19. The van der Waals surface area contributed by atoms with Crippen molar-refractivity contribution in [1.82, 2.24) is 4.98 Å². The van der Waals surface area contributed by atoms with E-state index in [4.69, 9.17) is 11.6 Å². The molecule has 5 nitrogen and oxygen atoms in total. The van der Waals surface area contributed by atoms with Crippen LogP contribution >= 0.6 is 11.6 Å². The van der Waals surface area contributed by atoms with Crippen LogP contribution in [-0.4, -0.2) is 16.7 Å². The highest BCUT2D eigenvalue weighted by atomic mass is 35.5. The molecule has 2 aromatic carbocycles. The van der Waals surface area contributed by atoms with Gasteiger partial charge in [0.05, 0.1) is 0 Å². The minimum absolute atomic E-state index is 0.0135. The Labute approximate surface area is 142 Å². The van der Waals surface area contributed by atoms with Crippen molar-refractivity contribution in [3.05, 3.63) is 75.0 Å². The predicted octanol–water partition coefficient (Wildman–Crippen LogP) is 3.64. The minimum Gasteiger partial charge on any atom is -0.360 e. The summed E-state index contributed by atoms with van der Waals surface area (Å²) in [5.41, 5.74) is 1.23. The maximum atomic E-state index is 12.5. The summed E-state index contributed by atoms with van der Waals surface area (Å²) in [6.45, 7) is 1.47. The molecule has 3 rings (SSSR count). The number of H-pyrrole nitrogens is 1. The van der Waals surface area contributed by atoms with E-state index in [9.17, 15) is 14.4 Å². The summed E-state index contributed by atoms with van der Waals surface area (Å²) in [5, 5.41) is 3.41. The minimum atomic E-state index is -0.534. The third kappa shape index (κ3) is 3.07. The third-order valence-electron chi connectivity index (χ3n) is 3.64. The van der Waals surface area contributed by atoms with Crippen LogP contribution in [0.2, 0.25) is 5.02 Å². The molecule has 0 atom stereocenters. The third-order valence-corrected chi connectivity index (χ3v) is 3.87. The largest absolute Gasteiger partial charge is 0.360 e. The van der Waals surface area contributed by atoms with Gasteiger partial charge in [-0.05, 0) is 49.4 Å². The smallest absolute Gasteiger partial charge is 0.261 e. The highest BCUT2D eigenvalue weighted by Crippen LogP contribution is 2.16. The average molecular weight is 341 g/mol. The first-order chi connectivity index (χ1) is 11.5. The Hall–Kier alpha value is -2.92. The first kappa shape index (κ1) is 16.0. The molecule has 0 unspecified atom stereocenters. The SMILES string of the molecule is CC(=O)c1ccc(NC(=O)c2c[nH]c3ccc(Cl)cc3c2=O)cc1. The molecule has 3 aromatic rings. The van der Waals surface area contributed by atoms with Crippen molar-refractivity contribution in [2.75, 3.05) is 5.32 Å². The molecule has 24 heavy (non-hydrogen) atoms. The van der Waals surface area contributed by atoms with Crippen LogP contribution in [0.5, 0.6) is 0 Å². The summed E-state index contributed by atoms with van der Waals surface area (Å²) in [5.74, 6) is -0.593. The summed E-state index contributed by atoms with van der Waals surface area (Å²) in [7, 11) is 0. The Balaban J connectivity index is 1.92. The van der Waals surface area contributed by atoms with Crippen molar-refractivity contribution in [3.63, 3.8) is 0 Å². The molecular weight excluding hydrogens is 328 g/mol. The van der Waals surface area contributed by atoms with Gasteiger partial charge < -0.3 is 10.3 Å². The van der Waals surface area contributed by atoms with Crippen molar-refractivity contribution in [3.8, 4) is 0 Å². The number of rotatable bonds is 3. The monoisotopic (exact) mass is 340 g/mol. The van der Waals surface area contributed by atoms with Crippen molar-refractivity contribution >= 4 is 39.9 Å². The number of anilines is 1. The van der Waals surface area contributed by atoms with E-state index in [0.717, 1.165) is 0 Å². The molecule has 120 valence electrons. The lowest BCUT2D eigenvalue weighted by atomic mass is 10.1. The van der Waals surface area contributed by atoms with E-state index < -0.39 is 11.3 Å². The molecular formula is C18H13ClN2O3. The molecule has 1 amide bonds. The zero-order valence-electron chi connectivity index (χ0n) is 12.7. The van der Waals surface area contributed by atoms with E-state index in [2.05, 4.69) is 10.3 Å². The van der Waals surface area contributed by atoms with Gasteiger partial charge >= 0.3 is 0 Å². The maximum Gasteiger partial charge on any atom is 0.261 e. The van der Waals surface area contributed by atoms with E-state index in [1.54, 1.807) is 36.4 Å². The van der Waals surface area contributed by atoms with Gasteiger partial charge in [-0.1, -0.05) is 11.6 Å². The van der Waals surface area contributed by atoms with Crippen LogP contribution in [0.4, 0.5) is 5.69 Å². The van der Waals surface area contributed by atoms with E-state index in [1.807, 2.05) is 0 Å². The predicted molar refractivity (Wildman–Crippen MR) is 94.0 cm³/mol. The number of carbonyl (C=O) groups excluding carboxylic acids is 2. The summed E-state index contributed by atoms with van der Waals surface area (Å²) in [6.07, 6.45) is 1.37. The maximum absolute atomic E-state index is 12.5. The fourth-order valence-corrected chi connectivity index (χ4v) is 2.52. The molecule has 0 radical (unpaired) electrons. The highest BCUT2D eigenvalue weighted by molar-refractivity contribution is 6.31. The summed E-state index contributed by atoms with van der Waals surface area (Å²) in [6, 6.07) is 11.3. The first-order valence-corrected chi connectivity index (χ1v) is 7.57. The molecule has 6 heteroatoms. The fraction of sp³-hybridized carbons (Fsp3) is 0.0556. The summed E-state index contributed by atoms with van der Waals surface area (Å²) in [4.78, 5) is 39.0. The molecule has 0 saturated carbocycles. The van der Waals surface area contributed by atoms with Gasteiger partial charge in [0, 0.05) is 33.4 Å². The number of Topliss-reactive ketones (excluding diaryl/α,β-unsaturated/α-hetero) is 1. The highest BCUT2D eigenvalue weighted by Gasteiger charge is 2.13. The Morgan fingerprint density at radius 3 is 2.46 bits per heavy atom. The van der Waals surface area contributed by atoms with Crippen LogP contribution in [0, 0.1) is 0 Å². The zero-order chi connectivity index (χ0) is 17.3. The summed E-state index contributed by atoms with van der Waals surface area (Å²) >= 11 is 5.91. The number of aromatic nitrogens is 1. The van der Waals surface area contributed by atoms with Gasteiger partial charge in [-0.3, -0.25) is 14.4 Å². The Morgan fingerprint density at radius 2 is 1.79 bits per heavy atom. The van der Waals surface area contributed by atoms with Crippen molar-refractivity contribution in [2.45, 2.75) is 6.92 Å². The Kier molecular flexibility index (Phi) is 4.18. The van der Waals surface area contributed by atoms with Crippen LogP contribution in [0.25, 0.3) is 10.9 Å². The molecule has 0 spiro atoms. The van der Waals surface area contributed by atoms with E-state index >= 15 is 0 Å². The molecule has 1 heterocycles. The number of amides is 1. The van der Waals surface area contributed by atoms with Gasteiger partial charge in [0.15, 0.2) is 5.78 Å². The molecule has 2 N–H and O–H groups in total. The molecule has 0 aliphatic heterocycles. The lowest BCUT2D eigenvalue weighted by molar-refractivity contribution is 0.101. The number of carbonyl (C=O) groups is 2. The van der Waals surface area contributed by atoms with E-state index in [1.165, 1.54) is 19.2 Å². The molecule has 1 aromatic heterocycles. The second-order valence-corrected chi connectivity index (χ2v) is 5.75. The lowest BCUT2D eigenvalue weighted by Crippen LogP contribution is -2.21. The van der Waals surface area contributed by atoms with Gasteiger partial charge in [0.2, 0.25) is 5.43 Å². The van der Waals surface area contributed by atoms with Crippen LogP contribution in [0.15, 0.2) is 53.5 Å². The van der Waals surface area contributed by atoms with Crippen molar-refractivity contribution in [2.24, 2.45) is 0 Å². The summed E-state index contributed by atoms with van der Waals surface area (Å²) < 4.78 is 0. The number of benzene rings is 2. The second-order valence-electron chi connectivity index (χ2n) is 5.31. The second kappa shape index (κ2) is 6.29. The molecule has 0 saturated heterocycles. The Morgan fingerprint density at radius 1 is 1.08 bits per heavy atom. The fourth-order valence-electron chi connectivity index (χ4n) is 2.35. The lowest BCUT2D eigenvalue weighted by Gasteiger charge is -2.07. The van der Waals surface area contributed by atoms with E-state index in [0.29, 0.717) is 27.2 Å². The number of hydrogen-bond acceptors (Lipinski definition) is 3. The van der Waals surface area contributed by atoms with Crippen molar-refractivity contribution < 1.29 is 9.59 Å². The van der Waals surface area contributed by atoms with Gasteiger partial charge in [0.1, 0.15) is 5.56 Å². The molecule has 0 fully saturated rings. The van der Waals surface area contributed by atoms with Crippen LogP contribution in [0.1, 0.15) is 27.6 Å². The quantitative estimate of drug-likeness (QED) is 0.714. The van der Waals surface area contributed by atoms with Gasteiger partial charge in [0.25, 0.3) is 5.91 Å². The van der Waals surface area contributed by atoms with Gasteiger partial charge in [-0.25, -0.2) is 0 Å².